The Balaban J connectivity index is 3.62. The third-order valence-corrected chi connectivity index (χ3v) is 1.84. The lowest BCUT2D eigenvalue weighted by Gasteiger charge is -2.10. The van der Waals surface area contributed by atoms with Crippen LogP contribution in [-0.4, -0.2) is 16.3 Å². The number of ether oxygens (including phenoxy) is 1. The van der Waals surface area contributed by atoms with Crippen LogP contribution in [0.2, 0.25) is 0 Å². The summed E-state index contributed by atoms with van der Waals surface area (Å²) in [5, 5.41) is 7.17. The van der Waals surface area contributed by atoms with Crippen LogP contribution in [0.1, 0.15) is 26.2 Å². The van der Waals surface area contributed by atoms with Gasteiger partial charge in [-0.2, -0.15) is 0 Å². The molecule has 5 heteroatoms. The second-order valence-electron chi connectivity index (χ2n) is 2.57. The van der Waals surface area contributed by atoms with Gasteiger partial charge in [0.25, 0.3) is 3.79 Å². The van der Waals surface area contributed by atoms with Gasteiger partial charge >= 0.3 is 0 Å². The summed E-state index contributed by atoms with van der Waals surface area (Å²) in [6.07, 6.45) is 3.01. The number of hydrogen-bond donors (Lipinski definition) is 1. The summed E-state index contributed by atoms with van der Waals surface area (Å²) < 4.78 is 3.01. The fraction of sp³-hybridized carbons (Fsp3) is 0.667. The molecule has 1 N–H and O–H groups in total. The first-order valence-corrected chi connectivity index (χ1v) is 5.36. The van der Waals surface area contributed by atoms with Gasteiger partial charge in [0.2, 0.25) is 5.90 Å². The summed E-state index contributed by atoms with van der Waals surface area (Å²) in [6, 6.07) is 0. The Morgan fingerprint density at radius 2 is 2.00 bits per heavy atom. The van der Waals surface area contributed by atoms with Gasteiger partial charge in [0.05, 0.1) is 0 Å². The standard InChI is InChI=1S/C9H12Cl3NO/c1-2-3-4-5-6-7-14-8(13)9(10,11)12/h13H,2-4,7H2,1H3. The Labute approximate surface area is 99.4 Å². The average molecular weight is 257 g/mol. The van der Waals surface area contributed by atoms with Crippen molar-refractivity contribution in [2.75, 3.05) is 6.61 Å². The van der Waals surface area contributed by atoms with Crippen LogP contribution < -0.4 is 0 Å². The molecule has 0 rings (SSSR count). The van der Waals surface area contributed by atoms with Gasteiger partial charge in [-0.3, -0.25) is 5.41 Å². The van der Waals surface area contributed by atoms with Crippen molar-refractivity contribution < 1.29 is 4.74 Å². The van der Waals surface area contributed by atoms with E-state index in [0.29, 0.717) is 0 Å². The normalized spacial score (nSPS) is 10.3. The van der Waals surface area contributed by atoms with Gasteiger partial charge in [-0.1, -0.05) is 60.0 Å². The fourth-order valence-electron chi connectivity index (χ4n) is 0.595. The van der Waals surface area contributed by atoms with E-state index in [1.807, 2.05) is 0 Å². The second-order valence-corrected chi connectivity index (χ2v) is 4.85. The van der Waals surface area contributed by atoms with Crippen molar-refractivity contribution in [1.29, 1.82) is 5.41 Å². The van der Waals surface area contributed by atoms with Crippen molar-refractivity contribution in [3.8, 4) is 11.8 Å². The predicted octanol–water partition coefficient (Wildman–Crippen LogP) is 3.54. The molecule has 80 valence electrons. The fourth-order valence-corrected chi connectivity index (χ4v) is 0.758. The molecule has 0 amide bonds. The molecular formula is C9H12Cl3NO. The molecule has 0 atom stereocenters. The van der Waals surface area contributed by atoms with E-state index in [4.69, 9.17) is 44.9 Å². The monoisotopic (exact) mass is 255 g/mol. The average Bonchev–Trinajstić information content (AvgIpc) is 2.09. The number of unbranched alkanes of at least 4 members (excludes halogenated alkanes) is 2. The van der Waals surface area contributed by atoms with Crippen molar-refractivity contribution >= 4 is 40.7 Å². The Hall–Kier alpha value is -0.100. The molecule has 0 aromatic rings. The summed E-state index contributed by atoms with van der Waals surface area (Å²) in [5.74, 6) is 5.23. The van der Waals surface area contributed by atoms with Crippen LogP contribution in [0.3, 0.4) is 0 Å². The topological polar surface area (TPSA) is 33.1 Å². The van der Waals surface area contributed by atoms with Crippen LogP contribution in [-0.2, 0) is 4.74 Å². The van der Waals surface area contributed by atoms with Crippen molar-refractivity contribution in [1.82, 2.24) is 0 Å². The number of hydrogen-bond acceptors (Lipinski definition) is 2. The van der Waals surface area contributed by atoms with E-state index in [2.05, 4.69) is 18.8 Å². The lowest BCUT2D eigenvalue weighted by Crippen LogP contribution is -2.21. The van der Waals surface area contributed by atoms with Crippen LogP contribution in [0.15, 0.2) is 0 Å². The first-order chi connectivity index (χ1) is 6.48. The zero-order valence-corrected chi connectivity index (χ0v) is 10.1. The molecule has 0 aliphatic rings. The minimum Gasteiger partial charge on any atom is -0.465 e. The molecule has 0 radical (unpaired) electrons. The van der Waals surface area contributed by atoms with Crippen molar-refractivity contribution in [3.63, 3.8) is 0 Å². The maximum absolute atomic E-state index is 7.17. The van der Waals surface area contributed by atoms with Gasteiger partial charge in [-0.15, -0.1) is 0 Å². The van der Waals surface area contributed by atoms with E-state index in [9.17, 15) is 0 Å². The SMILES string of the molecule is CCCCC#CCOC(=N)C(Cl)(Cl)Cl. The van der Waals surface area contributed by atoms with Crippen molar-refractivity contribution in [2.24, 2.45) is 0 Å². The zero-order chi connectivity index (χ0) is 11.0. The molecule has 0 saturated heterocycles. The Morgan fingerprint density at radius 1 is 1.36 bits per heavy atom. The van der Waals surface area contributed by atoms with Crippen LogP contribution in [0.5, 0.6) is 0 Å². The lowest BCUT2D eigenvalue weighted by molar-refractivity contribution is 0.347. The predicted molar refractivity (Wildman–Crippen MR) is 61.3 cm³/mol. The highest BCUT2D eigenvalue weighted by Crippen LogP contribution is 2.27. The number of halogens is 3. The molecule has 0 aromatic carbocycles. The summed E-state index contributed by atoms with van der Waals surface area (Å²) in [5.41, 5.74) is 0. The molecule has 0 aliphatic heterocycles. The summed E-state index contributed by atoms with van der Waals surface area (Å²) in [6.45, 7) is 2.19. The molecule has 14 heavy (non-hydrogen) atoms. The summed E-state index contributed by atoms with van der Waals surface area (Å²) in [4.78, 5) is 0. The number of nitrogens with one attached hydrogen (secondary N) is 1. The highest BCUT2D eigenvalue weighted by molar-refractivity contribution is 6.76. The van der Waals surface area contributed by atoms with Gasteiger partial charge in [-0.25, -0.2) is 0 Å². The van der Waals surface area contributed by atoms with Gasteiger partial charge in [-0.05, 0) is 6.42 Å². The molecule has 0 aromatic heterocycles. The van der Waals surface area contributed by atoms with Crippen LogP contribution in [0.4, 0.5) is 0 Å². The molecular weight excluding hydrogens is 244 g/mol. The Bertz CT molecular complexity index is 237. The summed E-state index contributed by atoms with van der Waals surface area (Å²) in [7, 11) is 0. The van der Waals surface area contributed by atoms with E-state index in [1.165, 1.54) is 0 Å². The molecule has 0 aliphatic carbocycles. The number of rotatable bonds is 3. The minimum absolute atomic E-state index is 0.0937. The van der Waals surface area contributed by atoms with Gasteiger partial charge < -0.3 is 4.74 Å². The quantitative estimate of drug-likeness (QED) is 0.271. The zero-order valence-electron chi connectivity index (χ0n) is 7.87. The smallest absolute Gasteiger partial charge is 0.265 e. The van der Waals surface area contributed by atoms with E-state index < -0.39 is 9.69 Å². The molecule has 2 nitrogen and oxygen atoms in total. The van der Waals surface area contributed by atoms with Gasteiger partial charge in [0, 0.05) is 6.42 Å². The maximum atomic E-state index is 7.17. The minimum atomic E-state index is -1.79. The summed E-state index contributed by atoms with van der Waals surface area (Å²) >= 11 is 16.1. The molecule has 0 saturated carbocycles. The van der Waals surface area contributed by atoms with Gasteiger partial charge in [0.1, 0.15) is 0 Å². The van der Waals surface area contributed by atoms with E-state index in [1.54, 1.807) is 0 Å². The first kappa shape index (κ1) is 13.9. The maximum Gasteiger partial charge on any atom is 0.265 e. The largest absolute Gasteiger partial charge is 0.465 e. The molecule has 0 fully saturated rings. The van der Waals surface area contributed by atoms with E-state index in [0.717, 1.165) is 19.3 Å². The molecule has 0 unspecified atom stereocenters. The second kappa shape index (κ2) is 7.23. The van der Waals surface area contributed by atoms with E-state index in [-0.39, 0.29) is 6.61 Å². The lowest BCUT2D eigenvalue weighted by atomic mass is 10.2. The first-order valence-electron chi connectivity index (χ1n) is 4.22. The molecule has 0 bridgehead atoms. The highest BCUT2D eigenvalue weighted by Gasteiger charge is 2.28. The molecule has 0 heterocycles. The van der Waals surface area contributed by atoms with Crippen molar-refractivity contribution in [2.45, 2.75) is 30.0 Å². The van der Waals surface area contributed by atoms with E-state index >= 15 is 0 Å². The number of alkyl halides is 3. The van der Waals surface area contributed by atoms with Crippen LogP contribution in [0.25, 0.3) is 0 Å². The van der Waals surface area contributed by atoms with Crippen LogP contribution in [0, 0.1) is 17.3 Å². The van der Waals surface area contributed by atoms with Crippen LogP contribution >= 0.6 is 34.8 Å². The Morgan fingerprint density at radius 3 is 2.50 bits per heavy atom. The Kier molecular flexibility index (Phi) is 7.17. The van der Waals surface area contributed by atoms with Crippen molar-refractivity contribution in [3.05, 3.63) is 0 Å². The third-order valence-electron chi connectivity index (χ3n) is 1.33. The molecule has 0 spiro atoms. The highest BCUT2D eigenvalue weighted by atomic mass is 35.6. The third kappa shape index (κ3) is 7.32. The van der Waals surface area contributed by atoms with Gasteiger partial charge in [0.15, 0.2) is 6.61 Å².